The molecule has 7 heteroatoms. The lowest BCUT2D eigenvalue weighted by atomic mass is 9.98. The maximum atomic E-state index is 13.3. The van der Waals surface area contributed by atoms with Crippen LogP contribution < -0.4 is 5.32 Å². The minimum Gasteiger partial charge on any atom is -0.459 e. The second-order valence-corrected chi connectivity index (χ2v) is 9.84. The Morgan fingerprint density at radius 3 is 2.21 bits per heavy atom. The Labute approximate surface area is 229 Å². The summed E-state index contributed by atoms with van der Waals surface area (Å²) in [6.07, 6.45) is 1.49. The number of hydrogen-bond donors (Lipinski definition) is 1. The molecule has 3 aromatic rings. The van der Waals surface area contributed by atoms with Gasteiger partial charge in [-0.25, -0.2) is 4.79 Å². The molecule has 0 bridgehead atoms. The highest BCUT2D eigenvalue weighted by molar-refractivity contribution is 5.99. The van der Waals surface area contributed by atoms with Crippen LogP contribution in [0.15, 0.2) is 84.9 Å². The summed E-state index contributed by atoms with van der Waals surface area (Å²) in [6, 6.07) is 24.6. The van der Waals surface area contributed by atoms with Gasteiger partial charge in [0.15, 0.2) is 5.78 Å². The standard InChI is InChI=1S/C32H34N2O5/c1-23-11-8-9-16-26(23)31(37)33-27(21-24-12-4-2-5-13-24)29(35)18-19-30(36)34-20-10-17-28(34)32(38)39-22-25-14-6-3-7-15-25/h2-9,11-16,27-28H,10,17-22H2,1H3,(H,33,37)/t27?,28-/m0/s1. The van der Waals surface area contributed by atoms with Gasteiger partial charge in [0.2, 0.25) is 5.91 Å². The Bertz CT molecular complexity index is 1290. The second-order valence-electron chi connectivity index (χ2n) is 9.84. The number of nitrogens with one attached hydrogen (secondary N) is 1. The molecule has 1 saturated heterocycles. The van der Waals surface area contributed by atoms with Gasteiger partial charge in [0, 0.05) is 24.9 Å². The molecule has 7 nitrogen and oxygen atoms in total. The number of benzene rings is 3. The number of rotatable bonds is 11. The molecule has 1 unspecified atom stereocenters. The summed E-state index contributed by atoms with van der Waals surface area (Å²) in [4.78, 5) is 53.7. The molecule has 0 radical (unpaired) electrons. The average Bonchev–Trinajstić information content (AvgIpc) is 3.46. The van der Waals surface area contributed by atoms with Crippen LogP contribution in [-0.2, 0) is 32.1 Å². The summed E-state index contributed by atoms with van der Waals surface area (Å²) < 4.78 is 5.47. The first-order valence-corrected chi connectivity index (χ1v) is 13.4. The number of carbonyl (C=O) groups excluding carboxylic acids is 4. The van der Waals surface area contributed by atoms with Gasteiger partial charge in [0.1, 0.15) is 12.6 Å². The molecular formula is C32H34N2O5. The van der Waals surface area contributed by atoms with Crippen LogP contribution in [0.3, 0.4) is 0 Å². The highest BCUT2D eigenvalue weighted by atomic mass is 16.5. The maximum Gasteiger partial charge on any atom is 0.329 e. The van der Waals surface area contributed by atoms with Gasteiger partial charge in [-0.1, -0.05) is 78.9 Å². The van der Waals surface area contributed by atoms with Crippen molar-refractivity contribution in [3.63, 3.8) is 0 Å². The van der Waals surface area contributed by atoms with Gasteiger partial charge in [-0.2, -0.15) is 0 Å². The number of nitrogens with zero attached hydrogens (tertiary/aromatic N) is 1. The topological polar surface area (TPSA) is 92.8 Å². The summed E-state index contributed by atoms with van der Waals surface area (Å²) in [6.45, 7) is 2.45. The van der Waals surface area contributed by atoms with E-state index >= 15 is 0 Å². The van der Waals surface area contributed by atoms with Crippen LogP contribution in [0.25, 0.3) is 0 Å². The monoisotopic (exact) mass is 526 g/mol. The van der Waals surface area contributed by atoms with E-state index in [2.05, 4.69) is 5.32 Å². The van der Waals surface area contributed by atoms with E-state index in [0.717, 1.165) is 16.7 Å². The number of aryl methyl sites for hydroxylation is 1. The quantitative estimate of drug-likeness (QED) is 0.374. The molecule has 2 amide bonds. The summed E-state index contributed by atoms with van der Waals surface area (Å²) in [5.74, 6) is -1.24. The van der Waals surface area contributed by atoms with Gasteiger partial charge < -0.3 is 15.0 Å². The Morgan fingerprint density at radius 2 is 1.51 bits per heavy atom. The third-order valence-corrected chi connectivity index (χ3v) is 7.02. The van der Waals surface area contributed by atoms with Crippen LogP contribution in [0.1, 0.15) is 52.7 Å². The molecule has 0 saturated carbocycles. The number of amides is 2. The van der Waals surface area contributed by atoms with E-state index in [1.165, 1.54) is 4.90 Å². The summed E-state index contributed by atoms with van der Waals surface area (Å²) >= 11 is 0. The molecule has 1 aliphatic rings. The fourth-order valence-electron chi connectivity index (χ4n) is 4.84. The van der Waals surface area contributed by atoms with E-state index in [9.17, 15) is 19.2 Å². The molecule has 0 spiro atoms. The van der Waals surface area contributed by atoms with E-state index in [1.54, 1.807) is 12.1 Å². The number of hydrogen-bond acceptors (Lipinski definition) is 5. The predicted molar refractivity (Wildman–Crippen MR) is 148 cm³/mol. The van der Waals surface area contributed by atoms with Gasteiger partial charge >= 0.3 is 5.97 Å². The first-order valence-electron chi connectivity index (χ1n) is 13.4. The molecule has 1 heterocycles. The fraction of sp³-hybridized carbons (Fsp3) is 0.312. The third kappa shape index (κ3) is 7.63. The largest absolute Gasteiger partial charge is 0.459 e. The third-order valence-electron chi connectivity index (χ3n) is 7.02. The number of esters is 1. The number of likely N-dealkylation sites (tertiary alicyclic amines) is 1. The normalized spacial score (nSPS) is 15.4. The van der Waals surface area contributed by atoms with Crippen molar-refractivity contribution in [2.24, 2.45) is 0 Å². The van der Waals surface area contributed by atoms with E-state index in [0.29, 0.717) is 31.4 Å². The molecule has 3 aromatic carbocycles. The summed E-state index contributed by atoms with van der Waals surface area (Å²) in [5, 5.41) is 2.89. The minimum absolute atomic E-state index is 0.0349. The van der Waals surface area contributed by atoms with Crippen molar-refractivity contribution < 1.29 is 23.9 Å². The number of carbonyl (C=O) groups is 4. The Hall–Kier alpha value is -4.26. The van der Waals surface area contributed by atoms with Crippen molar-refractivity contribution in [2.75, 3.05) is 6.54 Å². The molecule has 0 aromatic heterocycles. The van der Waals surface area contributed by atoms with E-state index in [1.807, 2.05) is 79.7 Å². The Kier molecular flexibility index (Phi) is 9.62. The molecule has 39 heavy (non-hydrogen) atoms. The summed E-state index contributed by atoms with van der Waals surface area (Å²) in [7, 11) is 0. The van der Waals surface area contributed by atoms with Crippen LogP contribution >= 0.6 is 0 Å². The van der Waals surface area contributed by atoms with Crippen molar-refractivity contribution >= 4 is 23.6 Å². The van der Waals surface area contributed by atoms with Gasteiger partial charge in [0.25, 0.3) is 5.91 Å². The zero-order valence-corrected chi connectivity index (χ0v) is 22.2. The molecule has 4 rings (SSSR count). The van der Waals surface area contributed by atoms with Gasteiger partial charge in [-0.15, -0.1) is 0 Å². The lowest BCUT2D eigenvalue weighted by Gasteiger charge is -2.24. The van der Waals surface area contributed by atoms with Crippen LogP contribution in [0, 0.1) is 6.92 Å². The van der Waals surface area contributed by atoms with Crippen LogP contribution in [0.5, 0.6) is 0 Å². The van der Waals surface area contributed by atoms with Gasteiger partial charge in [-0.05, 0) is 48.9 Å². The maximum absolute atomic E-state index is 13.3. The molecule has 2 atom stereocenters. The SMILES string of the molecule is Cc1ccccc1C(=O)NC(Cc1ccccc1)C(=O)CCC(=O)N1CCC[C@H]1C(=O)OCc1ccccc1. The molecule has 0 aliphatic carbocycles. The molecular weight excluding hydrogens is 492 g/mol. The van der Waals surface area contributed by atoms with E-state index in [-0.39, 0.29) is 37.0 Å². The van der Waals surface area contributed by atoms with Crippen LogP contribution in [0.4, 0.5) is 0 Å². The zero-order valence-electron chi connectivity index (χ0n) is 22.2. The predicted octanol–water partition coefficient (Wildman–Crippen LogP) is 4.42. The van der Waals surface area contributed by atoms with Crippen molar-refractivity contribution in [1.82, 2.24) is 10.2 Å². The van der Waals surface area contributed by atoms with Crippen LogP contribution in [0.2, 0.25) is 0 Å². The first-order chi connectivity index (χ1) is 18.9. The summed E-state index contributed by atoms with van der Waals surface area (Å²) in [5.41, 5.74) is 3.11. The van der Waals surface area contributed by atoms with Crippen molar-refractivity contribution in [2.45, 2.75) is 57.7 Å². The number of ketones is 1. The smallest absolute Gasteiger partial charge is 0.329 e. The molecule has 1 fully saturated rings. The Morgan fingerprint density at radius 1 is 0.872 bits per heavy atom. The number of ether oxygens (including phenoxy) is 1. The first kappa shape index (κ1) is 27.8. The van der Waals surface area contributed by atoms with Gasteiger partial charge in [0.05, 0.1) is 6.04 Å². The number of Topliss-reactive ketones (excluding diaryl/α,β-unsaturated/α-hetero) is 1. The molecule has 1 aliphatic heterocycles. The fourth-order valence-corrected chi connectivity index (χ4v) is 4.84. The van der Waals surface area contributed by atoms with Crippen molar-refractivity contribution in [3.8, 4) is 0 Å². The lowest BCUT2D eigenvalue weighted by Crippen LogP contribution is -2.44. The van der Waals surface area contributed by atoms with Crippen molar-refractivity contribution in [1.29, 1.82) is 0 Å². The average molecular weight is 527 g/mol. The van der Waals surface area contributed by atoms with Crippen LogP contribution in [-0.4, -0.2) is 47.1 Å². The minimum atomic E-state index is -0.780. The van der Waals surface area contributed by atoms with Gasteiger partial charge in [-0.3, -0.25) is 14.4 Å². The lowest BCUT2D eigenvalue weighted by molar-refractivity contribution is -0.154. The molecule has 202 valence electrons. The zero-order chi connectivity index (χ0) is 27.6. The van der Waals surface area contributed by atoms with Crippen molar-refractivity contribution in [3.05, 3.63) is 107 Å². The highest BCUT2D eigenvalue weighted by Crippen LogP contribution is 2.21. The molecule has 1 N–H and O–H groups in total. The van der Waals surface area contributed by atoms with E-state index in [4.69, 9.17) is 4.74 Å². The Balaban J connectivity index is 1.37. The van der Waals surface area contributed by atoms with E-state index < -0.39 is 18.1 Å². The highest BCUT2D eigenvalue weighted by Gasteiger charge is 2.35. The second kappa shape index (κ2) is 13.5.